The number of imidazole rings is 1. The van der Waals surface area contributed by atoms with Gasteiger partial charge in [0.15, 0.2) is 10.7 Å². The Morgan fingerprint density at radius 1 is 1.19 bits per heavy atom. The largest absolute Gasteiger partial charge is 0.392 e. The fourth-order valence-corrected chi connectivity index (χ4v) is 4.21. The quantitative estimate of drug-likeness (QED) is 0.178. The van der Waals surface area contributed by atoms with E-state index < -0.39 is 4.92 Å². The summed E-state index contributed by atoms with van der Waals surface area (Å²) in [5.41, 5.74) is 2.72. The van der Waals surface area contributed by atoms with Crippen LogP contribution in [0.25, 0.3) is 22.3 Å². The van der Waals surface area contributed by atoms with Crippen molar-refractivity contribution in [1.82, 2.24) is 9.38 Å². The monoisotopic (exact) mass is 469 g/mol. The summed E-state index contributed by atoms with van der Waals surface area (Å²) in [5, 5.41) is 32.0. The van der Waals surface area contributed by atoms with Crippen molar-refractivity contribution in [3.63, 3.8) is 0 Å². The number of thiazole rings is 1. The van der Waals surface area contributed by atoms with Crippen LogP contribution in [0.2, 0.25) is 5.02 Å². The maximum atomic E-state index is 12.8. The molecular weight excluding hydrogens is 454 g/mol. The number of nitro groups is 1. The standard InChI is InChI=1S/C22H16ClN3O5S/c23-17-4-3-14(10-19(17)26(30)31)21-18(25-7-8-32-22(25)24-21)5-6-20(29)13-1-2-15(11-27)16(9-13)12-28/h1-10,27-28H,11-12H2/b6-5+. The summed E-state index contributed by atoms with van der Waals surface area (Å²) >= 11 is 7.33. The molecule has 0 atom stereocenters. The number of aliphatic hydroxyl groups is 2. The Hall–Kier alpha value is -3.37. The number of hydrogen-bond acceptors (Lipinski definition) is 7. The third kappa shape index (κ3) is 4.06. The normalized spacial score (nSPS) is 11.5. The average molecular weight is 470 g/mol. The Labute approximate surface area is 190 Å². The smallest absolute Gasteiger partial charge is 0.288 e. The Bertz CT molecular complexity index is 1380. The van der Waals surface area contributed by atoms with E-state index in [0.29, 0.717) is 38.6 Å². The molecule has 0 aliphatic rings. The van der Waals surface area contributed by atoms with Crippen molar-refractivity contribution in [2.75, 3.05) is 0 Å². The molecule has 10 heteroatoms. The van der Waals surface area contributed by atoms with Gasteiger partial charge in [-0.3, -0.25) is 19.3 Å². The molecule has 0 aliphatic carbocycles. The number of halogens is 1. The van der Waals surface area contributed by atoms with Crippen molar-refractivity contribution in [2.45, 2.75) is 13.2 Å². The van der Waals surface area contributed by atoms with Gasteiger partial charge in [0.25, 0.3) is 5.69 Å². The second-order valence-corrected chi connectivity index (χ2v) is 8.10. The molecular formula is C22H16ClN3O5S. The van der Waals surface area contributed by atoms with Gasteiger partial charge in [0.05, 0.1) is 29.5 Å². The highest BCUT2D eigenvalue weighted by molar-refractivity contribution is 7.15. The van der Waals surface area contributed by atoms with Crippen molar-refractivity contribution in [3.8, 4) is 11.3 Å². The van der Waals surface area contributed by atoms with Crippen LogP contribution < -0.4 is 0 Å². The number of nitro benzene ring substituents is 1. The van der Waals surface area contributed by atoms with E-state index in [-0.39, 0.29) is 29.7 Å². The minimum Gasteiger partial charge on any atom is -0.392 e. The molecule has 8 nitrogen and oxygen atoms in total. The Morgan fingerprint density at radius 2 is 1.97 bits per heavy atom. The number of carbonyl (C=O) groups excluding carboxylic acids is 1. The van der Waals surface area contributed by atoms with Gasteiger partial charge in [-0.25, -0.2) is 4.98 Å². The van der Waals surface area contributed by atoms with Gasteiger partial charge in [0.1, 0.15) is 5.02 Å². The predicted molar refractivity (Wildman–Crippen MR) is 122 cm³/mol. The number of rotatable bonds is 7. The molecule has 2 heterocycles. The Balaban J connectivity index is 1.75. The van der Waals surface area contributed by atoms with Crippen molar-refractivity contribution in [2.24, 2.45) is 0 Å². The molecule has 0 bridgehead atoms. The van der Waals surface area contributed by atoms with Crippen molar-refractivity contribution < 1.29 is 19.9 Å². The number of carbonyl (C=O) groups is 1. The summed E-state index contributed by atoms with van der Waals surface area (Å²) in [6.07, 6.45) is 4.78. The van der Waals surface area contributed by atoms with Crippen LogP contribution in [-0.4, -0.2) is 30.3 Å². The molecule has 0 unspecified atom stereocenters. The molecule has 4 aromatic rings. The molecule has 0 radical (unpaired) electrons. The SMILES string of the molecule is O=C(/C=C/c1c(-c2ccc(Cl)c([N+](=O)[O-])c2)nc2sccn12)c1ccc(CO)c(CO)c1. The lowest BCUT2D eigenvalue weighted by atomic mass is 10.0. The lowest BCUT2D eigenvalue weighted by Gasteiger charge is -2.06. The van der Waals surface area contributed by atoms with Crippen LogP contribution in [0.15, 0.2) is 54.1 Å². The number of aromatic nitrogens is 2. The van der Waals surface area contributed by atoms with Crippen LogP contribution in [0.4, 0.5) is 5.69 Å². The van der Waals surface area contributed by atoms with E-state index in [1.165, 1.54) is 35.6 Å². The van der Waals surface area contributed by atoms with Crippen LogP contribution in [0.5, 0.6) is 0 Å². The van der Waals surface area contributed by atoms with E-state index in [1.807, 2.05) is 5.38 Å². The average Bonchev–Trinajstić information content (AvgIpc) is 3.38. The molecule has 2 aromatic heterocycles. The zero-order valence-electron chi connectivity index (χ0n) is 16.4. The van der Waals surface area contributed by atoms with Crippen LogP contribution in [-0.2, 0) is 13.2 Å². The highest BCUT2D eigenvalue weighted by Crippen LogP contribution is 2.33. The molecule has 162 valence electrons. The van der Waals surface area contributed by atoms with Gasteiger partial charge in [-0.15, -0.1) is 11.3 Å². The van der Waals surface area contributed by atoms with Gasteiger partial charge < -0.3 is 10.2 Å². The minimum absolute atomic E-state index is 0.0260. The van der Waals surface area contributed by atoms with Crippen LogP contribution in [0.3, 0.4) is 0 Å². The minimum atomic E-state index is -0.557. The van der Waals surface area contributed by atoms with Crippen LogP contribution in [0, 0.1) is 10.1 Å². The maximum Gasteiger partial charge on any atom is 0.288 e. The second-order valence-electron chi connectivity index (χ2n) is 6.82. The van der Waals surface area contributed by atoms with Crippen molar-refractivity contribution in [1.29, 1.82) is 0 Å². The van der Waals surface area contributed by atoms with E-state index >= 15 is 0 Å². The van der Waals surface area contributed by atoms with E-state index in [2.05, 4.69) is 4.98 Å². The molecule has 4 rings (SSSR count). The number of benzene rings is 2. The molecule has 0 aliphatic heterocycles. The van der Waals surface area contributed by atoms with Gasteiger partial charge in [-0.1, -0.05) is 29.8 Å². The van der Waals surface area contributed by atoms with Crippen LogP contribution in [0.1, 0.15) is 27.2 Å². The summed E-state index contributed by atoms with van der Waals surface area (Å²) in [6, 6.07) is 9.16. The number of allylic oxidation sites excluding steroid dienone is 1. The van der Waals surface area contributed by atoms with E-state index in [4.69, 9.17) is 11.6 Å². The van der Waals surface area contributed by atoms with Gasteiger partial charge in [0.2, 0.25) is 0 Å². The lowest BCUT2D eigenvalue weighted by Crippen LogP contribution is -2.00. The topological polar surface area (TPSA) is 118 Å². The molecule has 0 saturated heterocycles. The predicted octanol–water partition coefficient (Wildman–Crippen LogP) is 4.51. The Kier molecular flexibility index (Phi) is 6.15. The Morgan fingerprint density at radius 3 is 2.69 bits per heavy atom. The maximum absolute atomic E-state index is 12.8. The summed E-state index contributed by atoms with van der Waals surface area (Å²) in [7, 11) is 0. The summed E-state index contributed by atoms with van der Waals surface area (Å²) < 4.78 is 1.79. The lowest BCUT2D eigenvalue weighted by molar-refractivity contribution is -0.384. The number of fused-ring (bicyclic) bond motifs is 1. The summed E-state index contributed by atoms with van der Waals surface area (Å²) in [6.45, 7) is -0.527. The highest BCUT2D eigenvalue weighted by Gasteiger charge is 2.19. The molecule has 32 heavy (non-hydrogen) atoms. The van der Waals surface area contributed by atoms with Crippen molar-refractivity contribution in [3.05, 3.63) is 91.6 Å². The molecule has 0 fully saturated rings. The van der Waals surface area contributed by atoms with Gasteiger partial charge in [0, 0.05) is 28.8 Å². The van der Waals surface area contributed by atoms with Gasteiger partial charge in [-0.05, 0) is 35.4 Å². The van der Waals surface area contributed by atoms with Gasteiger partial charge >= 0.3 is 0 Å². The fourth-order valence-electron chi connectivity index (χ4n) is 3.31. The molecule has 0 spiro atoms. The van der Waals surface area contributed by atoms with Crippen molar-refractivity contribution >= 4 is 45.4 Å². The second kappa shape index (κ2) is 9.01. The number of nitrogens with zero attached hydrogens (tertiary/aromatic N) is 3. The summed E-state index contributed by atoms with van der Waals surface area (Å²) in [5.74, 6) is -0.303. The number of ketones is 1. The zero-order valence-corrected chi connectivity index (χ0v) is 18.0. The molecule has 0 saturated carbocycles. The van der Waals surface area contributed by atoms with E-state index in [9.17, 15) is 25.1 Å². The first-order chi connectivity index (χ1) is 15.4. The fraction of sp³-hybridized carbons (Fsp3) is 0.0909. The van der Waals surface area contributed by atoms with Crippen LogP contribution >= 0.6 is 22.9 Å². The first kappa shape index (κ1) is 21.8. The first-order valence-corrected chi connectivity index (χ1v) is 10.6. The van der Waals surface area contributed by atoms with Gasteiger partial charge in [-0.2, -0.15) is 0 Å². The zero-order chi connectivity index (χ0) is 22.8. The molecule has 0 amide bonds. The third-order valence-electron chi connectivity index (χ3n) is 4.94. The first-order valence-electron chi connectivity index (χ1n) is 9.38. The summed E-state index contributed by atoms with van der Waals surface area (Å²) in [4.78, 5) is 28.7. The van der Waals surface area contributed by atoms with E-state index in [0.717, 1.165) is 0 Å². The third-order valence-corrected chi connectivity index (χ3v) is 6.02. The molecule has 2 N–H and O–H groups in total. The van der Waals surface area contributed by atoms with E-state index in [1.54, 1.807) is 34.9 Å². The molecule has 2 aromatic carbocycles. The number of aliphatic hydroxyl groups excluding tert-OH is 2. The number of hydrogen-bond donors (Lipinski definition) is 2. The highest BCUT2D eigenvalue weighted by atomic mass is 35.5.